The highest BCUT2D eigenvalue weighted by molar-refractivity contribution is 6.31. The molecule has 0 spiro atoms. The summed E-state index contributed by atoms with van der Waals surface area (Å²) in [6.45, 7) is 0. The van der Waals surface area contributed by atoms with Crippen LogP contribution in [-0.2, 0) is 11.2 Å². The van der Waals surface area contributed by atoms with Crippen LogP contribution in [0.1, 0.15) is 15.9 Å². The zero-order valence-corrected chi connectivity index (χ0v) is 15.3. The lowest BCUT2D eigenvalue weighted by Gasteiger charge is -2.21. The monoisotopic (exact) mass is 380 g/mol. The Balaban J connectivity index is 1.58. The minimum absolute atomic E-state index is 0.164. The number of benzene rings is 2. The van der Waals surface area contributed by atoms with Crippen molar-refractivity contribution in [3.05, 3.63) is 71.0 Å². The largest absolute Gasteiger partial charge is 0.340 e. The number of carbonyl (C=O) groups excluding carboxylic acids is 2. The predicted molar refractivity (Wildman–Crippen MR) is 104 cm³/mol. The molecule has 4 rings (SSSR count). The predicted octanol–water partition coefficient (Wildman–Crippen LogP) is 3.05. The van der Waals surface area contributed by atoms with Crippen molar-refractivity contribution in [2.24, 2.45) is 0 Å². The number of likely N-dealkylation sites (N-methyl/N-ethyl adjacent to an activating group) is 1. The van der Waals surface area contributed by atoms with Gasteiger partial charge in [0.15, 0.2) is 0 Å². The van der Waals surface area contributed by atoms with Crippen molar-refractivity contribution in [3.8, 4) is 11.1 Å². The highest BCUT2D eigenvalue weighted by Gasteiger charge is 2.31. The maximum atomic E-state index is 12.9. The van der Waals surface area contributed by atoms with E-state index in [0.717, 1.165) is 16.7 Å². The van der Waals surface area contributed by atoms with Gasteiger partial charge in [0.05, 0.1) is 17.4 Å². The molecule has 2 aromatic carbocycles. The molecule has 0 bridgehead atoms. The third-order valence-electron chi connectivity index (χ3n) is 4.72. The average molecular weight is 381 g/mol. The number of hydrogen-bond acceptors (Lipinski definition) is 3. The molecule has 0 saturated carbocycles. The normalized spacial score (nSPS) is 16.7. The summed E-state index contributed by atoms with van der Waals surface area (Å²) in [5.41, 5.74) is 3.93. The van der Waals surface area contributed by atoms with Gasteiger partial charge in [-0.1, -0.05) is 35.9 Å². The van der Waals surface area contributed by atoms with E-state index in [2.05, 4.69) is 15.5 Å². The standard InChI is InChI=1S/C20H17ClN4O2/c1-25-18-7-6-15(21)9-16(18)19(26)24-17(20(25)27)8-12-2-4-13(5-3-12)14-10-22-23-11-14/h2-7,9-11,17H,8H2,1H3,(H,22,23)(H,24,26). The third-order valence-corrected chi connectivity index (χ3v) is 4.96. The third kappa shape index (κ3) is 3.31. The smallest absolute Gasteiger partial charge is 0.254 e. The van der Waals surface area contributed by atoms with Crippen LogP contribution < -0.4 is 10.2 Å². The molecular weight excluding hydrogens is 364 g/mol. The van der Waals surface area contributed by atoms with Crippen LogP contribution in [0.2, 0.25) is 5.02 Å². The van der Waals surface area contributed by atoms with E-state index < -0.39 is 6.04 Å². The number of anilines is 1. The lowest BCUT2D eigenvalue weighted by atomic mass is 10.0. The minimum Gasteiger partial charge on any atom is -0.340 e. The van der Waals surface area contributed by atoms with Crippen molar-refractivity contribution < 1.29 is 9.59 Å². The SMILES string of the molecule is CN1C(=O)C(Cc2ccc(-c3cn[nH]c3)cc2)NC(=O)c2cc(Cl)ccc21. The van der Waals surface area contributed by atoms with Gasteiger partial charge in [-0.25, -0.2) is 0 Å². The fourth-order valence-electron chi connectivity index (χ4n) is 3.25. The zero-order chi connectivity index (χ0) is 19.0. The van der Waals surface area contributed by atoms with Gasteiger partial charge in [-0.3, -0.25) is 14.7 Å². The fraction of sp³-hybridized carbons (Fsp3) is 0.150. The Morgan fingerprint density at radius 1 is 1.11 bits per heavy atom. The van der Waals surface area contributed by atoms with E-state index in [9.17, 15) is 9.59 Å². The number of nitrogens with one attached hydrogen (secondary N) is 2. The second-order valence-corrected chi connectivity index (χ2v) is 6.91. The summed E-state index contributed by atoms with van der Waals surface area (Å²) in [4.78, 5) is 27.0. The van der Waals surface area contributed by atoms with Gasteiger partial charge in [-0.2, -0.15) is 5.10 Å². The highest BCUT2D eigenvalue weighted by Crippen LogP contribution is 2.27. The second kappa shape index (κ2) is 6.89. The molecule has 2 N–H and O–H groups in total. The first-order valence-electron chi connectivity index (χ1n) is 8.49. The molecule has 1 aliphatic heterocycles. The summed E-state index contributed by atoms with van der Waals surface area (Å²) in [6, 6.07) is 12.2. The summed E-state index contributed by atoms with van der Waals surface area (Å²) in [7, 11) is 1.67. The van der Waals surface area contributed by atoms with E-state index in [1.54, 1.807) is 31.4 Å². The van der Waals surface area contributed by atoms with Crippen LogP contribution in [0.15, 0.2) is 54.9 Å². The van der Waals surface area contributed by atoms with Crippen LogP contribution in [0.25, 0.3) is 11.1 Å². The molecule has 6 nitrogen and oxygen atoms in total. The summed E-state index contributed by atoms with van der Waals surface area (Å²) in [5.74, 6) is -0.464. The number of amides is 2. The number of H-pyrrole nitrogens is 1. The topological polar surface area (TPSA) is 78.1 Å². The lowest BCUT2D eigenvalue weighted by Crippen LogP contribution is -2.45. The zero-order valence-electron chi connectivity index (χ0n) is 14.6. The summed E-state index contributed by atoms with van der Waals surface area (Å²) in [5, 5.41) is 10.0. The van der Waals surface area contributed by atoms with Crippen molar-refractivity contribution >= 4 is 29.1 Å². The van der Waals surface area contributed by atoms with Gasteiger partial charge in [-0.15, -0.1) is 0 Å². The number of fused-ring (bicyclic) bond motifs is 1. The van der Waals surface area contributed by atoms with Crippen LogP contribution in [0.4, 0.5) is 5.69 Å². The Kier molecular flexibility index (Phi) is 4.41. The maximum absolute atomic E-state index is 12.9. The molecule has 3 aromatic rings. The van der Waals surface area contributed by atoms with Crippen molar-refractivity contribution in [1.82, 2.24) is 15.5 Å². The number of halogens is 1. The number of rotatable bonds is 3. The Labute approximate surface area is 161 Å². The van der Waals surface area contributed by atoms with E-state index in [-0.39, 0.29) is 11.8 Å². The molecule has 0 radical (unpaired) electrons. The van der Waals surface area contributed by atoms with E-state index in [4.69, 9.17) is 11.6 Å². The van der Waals surface area contributed by atoms with E-state index in [1.165, 1.54) is 4.90 Å². The highest BCUT2D eigenvalue weighted by atomic mass is 35.5. The Morgan fingerprint density at radius 3 is 2.59 bits per heavy atom. The van der Waals surface area contributed by atoms with Crippen LogP contribution in [0.5, 0.6) is 0 Å². The maximum Gasteiger partial charge on any atom is 0.254 e. The van der Waals surface area contributed by atoms with E-state index in [1.807, 2.05) is 30.5 Å². The first kappa shape index (κ1) is 17.3. The first-order valence-corrected chi connectivity index (χ1v) is 8.87. The van der Waals surface area contributed by atoms with Crippen molar-refractivity contribution in [1.29, 1.82) is 0 Å². The molecular formula is C20H17ClN4O2. The van der Waals surface area contributed by atoms with Crippen LogP contribution in [0, 0.1) is 0 Å². The van der Waals surface area contributed by atoms with Crippen LogP contribution in [0.3, 0.4) is 0 Å². The second-order valence-electron chi connectivity index (χ2n) is 6.47. The molecule has 0 fully saturated rings. The Hall–Kier alpha value is -3.12. The molecule has 1 aromatic heterocycles. The van der Waals surface area contributed by atoms with Gasteiger partial charge < -0.3 is 10.2 Å². The van der Waals surface area contributed by atoms with E-state index >= 15 is 0 Å². The number of carbonyl (C=O) groups is 2. The van der Waals surface area contributed by atoms with Crippen LogP contribution in [-0.4, -0.2) is 35.1 Å². The molecule has 0 saturated heterocycles. The van der Waals surface area contributed by atoms with Crippen LogP contribution >= 0.6 is 11.6 Å². The number of nitrogens with zero attached hydrogens (tertiary/aromatic N) is 2. The van der Waals surface area contributed by atoms with Crippen molar-refractivity contribution in [3.63, 3.8) is 0 Å². The van der Waals surface area contributed by atoms with Crippen molar-refractivity contribution in [2.75, 3.05) is 11.9 Å². The van der Waals surface area contributed by atoms with Gasteiger partial charge in [0.2, 0.25) is 5.91 Å². The van der Waals surface area contributed by atoms with Gasteiger partial charge >= 0.3 is 0 Å². The molecule has 1 aliphatic rings. The van der Waals surface area contributed by atoms with Gasteiger partial charge in [0, 0.05) is 30.3 Å². The lowest BCUT2D eigenvalue weighted by molar-refractivity contribution is -0.120. The first-order chi connectivity index (χ1) is 13.0. The quantitative estimate of drug-likeness (QED) is 0.733. The molecule has 7 heteroatoms. The molecule has 2 heterocycles. The molecule has 136 valence electrons. The van der Waals surface area contributed by atoms with Gasteiger partial charge in [0.1, 0.15) is 6.04 Å². The molecule has 1 atom stereocenters. The Bertz CT molecular complexity index is 999. The Morgan fingerprint density at radius 2 is 1.89 bits per heavy atom. The minimum atomic E-state index is -0.645. The molecule has 2 amide bonds. The van der Waals surface area contributed by atoms with E-state index in [0.29, 0.717) is 22.7 Å². The molecule has 27 heavy (non-hydrogen) atoms. The number of aromatic nitrogens is 2. The summed E-state index contributed by atoms with van der Waals surface area (Å²) >= 11 is 6.01. The van der Waals surface area contributed by atoms with Gasteiger partial charge in [0.25, 0.3) is 5.91 Å². The van der Waals surface area contributed by atoms with Gasteiger partial charge in [-0.05, 0) is 29.3 Å². The number of hydrogen-bond donors (Lipinski definition) is 2. The molecule has 0 aliphatic carbocycles. The average Bonchev–Trinajstić information content (AvgIpc) is 3.19. The van der Waals surface area contributed by atoms with Crippen molar-refractivity contribution in [2.45, 2.75) is 12.5 Å². The summed E-state index contributed by atoms with van der Waals surface area (Å²) < 4.78 is 0. The number of aromatic amines is 1. The summed E-state index contributed by atoms with van der Waals surface area (Å²) in [6.07, 6.45) is 3.98. The molecule has 1 unspecified atom stereocenters. The fourth-order valence-corrected chi connectivity index (χ4v) is 3.42.